The van der Waals surface area contributed by atoms with Crippen LogP contribution in [0.25, 0.3) is 10.8 Å². The number of carbonyl (C=O) groups is 4. The Kier molecular flexibility index (Phi) is 11.4. The van der Waals surface area contributed by atoms with Gasteiger partial charge in [-0.15, -0.1) is 0 Å². The van der Waals surface area contributed by atoms with Crippen molar-refractivity contribution >= 4 is 44.6 Å². The van der Waals surface area contributed by atoms with Crippen LogP contribution in [-0.4, -0.2) is 79.4 Å². The van der Waals surface area contributed by atoms with Gasteiger partial charge in [-0.2, -0.15) is 8.42 Å². The molecule has 1 N–H and O–H groups in total. The Morgan fingerprint density at radius 1 is 1.06 bits per heavy atom. The highest BCUT2D eigenvalue weighted by molar-refractivity contribution is 7.85. The Labute approximate surface area is 318 Å². The summed E-state index contributed by atoms with van der Waals surface area (Å²) < 4.78 is 50.1. The van der Waals surface area contributed by atoms with Gasteiger partial charge in [-0.3, -0.25) is 23.4 Å². The van der Waals surface area contributed by atoms with E-state index in [0.717, 1.165) is 42.9 Å². The number of ether oxygens (including phenoxy) is 3. The number of aromatic nitrogens is 1. The SMILES string of the molecule is CC[C@@H]1C[C@]1(CC(=O)[C@@H]1C[C@@H](Oc2nccc3cc(OC)ccc23)CN1C(=O)[C@@H](CC(=O)OC(C)(C)C)C1(C)CCCCC1)C(=O)NS(=O)(=O)OC1CC1. The fraction of sp³-hybridized carbons (Fsp3) is 0.675. The molecule has 1 saturated heterocycles. The highest BCUT2D eigenvalue weighted by atomic mass is 32.2. The zero-order chi connectivity index (χ0) is 39.1. The first-order chi connectivity index (χ1) is 25.5. The van der Waals surface area contributed by atoms with Crippen LogP contribution in [-0.2, 0) is 38.4 Å². The van der Waals surface area contributed by atoms with E-state index in [2.05, 4.69) is 9.71 Å². The summed E-state index contributed by atoms with van der Waals surface area (Å²) in [6.45, 7) is 9.37. The summed E-state index contributed by atoms with van der Waals surface area (Å²) in [5, 5.41) is 1.57. The highest BCUT2D eigenvalue weighted by Crippen LogP contribution is 2.58. The van der Waals surface area contributed by atoms with E-state index in [-0.39, 0.29) is 43.4 Å². The number of hydrogen-bond donors (Lipinski definition) is 1. The largest absolute Gasteiger partial charge is 0.497 e. The van der Waals surface area contributed by atoms with Crippen LogP contribution in [0.2, 0.25) is 0 Å². The lowest BCUT2D eigenvalue weighted by Crippen LogP contribution is -2.50. The number of Topliss-reactive ketones (excluding diaryl/α,β-unsaturated/α-hetero) is 1. The first kappa shape index (κ1) is 39.9. The predicted octanol–water partition coefficient (Wildman–Crippen LogP) is 5.83. The average Bonchev–Trinajstić information content (AvgIpc) is 4.02. The maximum atomic E-state index is 15.0. The fourth-order valence-electron chi connectivity index (χ4n) is 8.53. The third-order valence-corrected chi connectivity index (χ3v) is 12.7. The first-order valence-corrected chi connectivity index (χ1v) is 20.8. The van der Waals surface area contributed by atoms with E-state index >= 15 is 0 Å². The lowest BCUT2D eigenvalue weighted by molar-refractivity contribution is -0.162. The van der Waals surface area contributed by atoms with Crippen molar-refractivity contribution < 1.29 is 46.0 Å². The van der Waals surface area contributed by atoms with E-state index in [9.17, 15) is 27.6 Å². The summed E-state index contributed by atoms with van der Waals surface area (Å²) >= 11 is 0. The van der Waals surface area contributed by atoms with Crippen molar-refractivity contribution in [2.75, 3.05) is 13.7 Å². The number of esters is 1. The van der Waals surface area contributed by atoms with Gasteiger partial charge in [0.15, 0.2) is 5.78 Å². The van der Waals surface area contributed by atoms with Crippen LogP contribution >= 0.6 is 0 Å². The van der Waals surface area contributed by atoms with E-state index < -0.39 is 62.8 Å². The van der Waals surface area contributed by atoms with Gasteiger partial charge in [-0.05, 0) is 93.9 Å². The normalized spacial score (nSPS) is 25.8. The molecule has 13 nitrogen and oxygen atoms in total. The molecule has 14 heteroatoms. The first-order valence-electron chi connectivity index (χ1n) is 19.4. The summed E-state index contributed by atoms with van der Waals surface area (Å²) in [5.74, 6) is -1.88. The van der Waals surface area contributed by atoms with E-state index in [1.165, 1.54) is 4.90 Å². The minimum Gasteiger partial charge on any atom is -0.497 e. The molecule has 2 amide bonds. The minimum absolute atomic E-state index is 0.0599. The van der Waals surface area contributed by atoms with Crippen molar-refractivity contribution in [3.63, 3.8) is 0 Å². The third kappa shape index (κ3) is 9.01. The molecule has 4 aliphatic rings. The van der Waals surface area contributed by atoms with Gasteiger partial charge in [0.25, 0.3) is 0 Å². The number of rotatable bonds is 15. The number of nitrogens with zero attached hydrogens (tertiary/aromatic N) is 2. The molecule has 296 valence electrons. The number of ketones is 1. The summed E-state index contributed by atoms with van der Waals surface area (Å²) in [7, 11) is -2.76. The molecule has 4 fully saturated rings. The molecular formula is C40H55N3O10S. The number of hydrogen-bond acceptors (Lipinski definition) is 11. The highest BCUT2D eigenvalue weighted by Gasteiger charge is 2.61. The van der Waals surface area contributed by atoms with Crippen LogP contribution < -0.4 is 14.2 Å². The number of nitrogens with one attached hydrogen (secondary N) is 1. The molecule has 1 aromatic heterocycles. The lowest BCUT2D eigenvalue weighted by atomic mass is 9.65. The Balaban J connectivity index is 1.30. The molecule has 54 heavy (non-hydrogen) atoms. The summed E-state index contributed by atoms with van der Waals surface area (Å²) in [4.78, 5) is 62.6. The summed E-state index contributed by atoms with van der Waals surface area (Å²) in [6, 6.07) is 6.38. The van der Waals surface area contributed by atoms with E-state index in [0.29, 0.717) is 37.3 Å². The Hall–Kier alpha value is -3.78. The van der Waals surface area contributed by atoms with Crippen molar-refractivity contribution in [3.8, 4) is 11.6 Å². The molecule has 3 aliphatic carbocycles. The van der Waals surface area contributed by atoms with Gasteiger partial charge in [0.1, 0.15) is 17.5 Å². The molecule has 1 aliphatic heterocycles. The van der Waals surface area contributed by atoms with Crippen molar-refractivity contribution in [2.45, 2.75) is 136 Å². The molecular weight excluding hydrogens is 715 g/mol. The fourth-order valence-corrected chi connectivity index (χ4v) is 9.56. The molecule has 2 aromatic rings. The van der Waals surface area contributed by atoms with Crippen LogP contribution in [0.3, 0.4) is 0 Å². The Morgan fingerprint density at radius 2 is 1.78 bits per heavy atom. The summed E-state index contributed by atoms with van der Waals surface area (Å²) in [5.41, 5.74) is -2.50. The topological polar surface area (TPSA) is 168 Å². The van der Waals surface area contributed by atoms with Gasteiger partial charge in [0.05, 0.1) is 43.6 Å². The third-order valence-electron chi connectivity index (χ3n) is 11.7. The van der Waals surface area contributed by atoms with Crippen LogP contribution in [0.5, 0.6) is 11.6 Å². The van der Waals surface area contributed by atoms with Crippen molar-refractivity contribution in [1.82, 2.24) is 14.6 Å². The molecule has 0 unspecified atom stereocenters. The second kappa shape index (κ2) is 15.4. The summed E-state index contributed by atoms with van der Waals surface area (Å²) in [6.07, 6.45) is 6.77. The van der Waals surface area contributed by atoms with Gasteiger partial charge in [-0.25, -0.2) is 9.71 Å². The van der Waals surface area contributed by atoms with Crippen LogP contribution in [0.1, 0.15) is 112 Å². The van der Waals surface area contributed by atoms with E-state index in [1.807, 2.05) is 32.0 Å². The molecule has 0 radical (unpaired) electrons. The molecule has 0 spiro atoms. The number of likely N-dealkylation sites (tertiary alicyclic amines) is 1. The van der Waals surface area contributed by atoms with E-state index in [4.69, 9.17) is 18.4 Å². The monoisotopic (exact) mass is 769 g/mol. The van der Waals surface area contributed by atoms with Crippen molar-refractivity contribution in [1.29, 1.82) is 0 Å². The van der Waals surface area contributed by atoms with Crippen LogP contribution in [0.4, 0.5) is 0 Å². The number of pyridine rings is 1. The standard InChI is InChI=1S/C40H55N3O10S/c1-7-26-22-40(26,37(47)42-54(48,49)53-27-11-12-27)23-33(44)32-20-29(51-35-30-14-13-28(50-6)19-25(30)15-18-41-35)24-43(32)36(46)31(21-34(45)52-38(2,3)4)39(5)16-9-8-10-17-39/h13-15,18-19,26-27,29,31-32H,7-12,16-17,20-24H2,1-6H3,(H,42,47)/t26-,29-,31-,32+,40-/m1/s1. The molecule has 6 rings (SSSR count). The number of benzene rings is 1. The molecule has 2 heterocycles. The van der Waals surface area contributed by atoms with Gasteiger partial charge in [0, 0.05) is 24.4 Å². The van der Waals surface area contributed by atoms with Crippen LogP contribution in [0, 0.1) is 22.7 Å². The zero-order valence-corrected chi connectivity index (χ0v) is 33.2. The zero-order valence-electron chi connectivity index (χ0n) is 32.4. The van der Waals surface area contributed by atoms with Crippen molar-refractivity contribution in [3.05, 3.63) is 30.5 Å². The van der Waals surface area contributed by atoms with Crippen LogP contribution in [0.15, 0.2) is 30.5 Å². The molecule has 0 bridgehead atoms. The lowest BCUT2D eigenvalue weighted by Gasteiger charge is -2.42. The van der Waals surface area contributed by atoms with E-state index in [1.54, 1.807) is 40.1 Å². The maximum Gasteiger partial charge on any atom is 0.362 e. The maximum absolute atomic E-state index is 15.0. The quantitative estimate of drug-likeness (QED) is 0.217. The number of methoxy groups -OCH3 is 1. The minimum atomic E-state index is -4.35. The Bertz CT molecular complexity index is 1870. The average molecular weight is 770 g/mol. The van der Waals surface area contributed by atoms with Gasteiger partial charge < -0.3 is 19.1 Å². The Morgan fingerprint density at radius 3 is 2.41 bits per heavy atom. The van der Waals surface area contributed by atoms with Gasteiger partial charge >= 0.3 is 16.3 Å². The predicted molar refractivity (Wildman–Crippen MR) is 200 cm³/mol. The smallest absolute Gasteiger partial charge is 0.362 e. The number of amides is 2. The number of fused-ring (bicyclic) bond motifs is 1. The second-order valence-electron chi connectivity index (χ2n) is 17.0. The molecule has 5 atom stereocenters. The molecule has 1 aromatic carbocycles. The van der Waals surface area contributed by atoms with Gasteiger partial charge in [0.2, 0.25) is 17.7 Å². The molecule has 3 saturated carbocycles. The number of carbonyl (C=O) groups excluding carboxylic acids is 4. The van der Waals surface area contributed by atoms with Crippen molar-refractivity contribution in [2.24, 2.45) is 22.7 Å². The van der Waals surface area contributed by atoms with Gasteiger partial charge in [-0.1, -0.05) is 39.5 Å². The second-order valence-corrected chi connectivity index (χ2v) is 18.3.